The van der Waals surface area contributed by atoms with Crippen molar-refractivity contribution in [3.05, 3.63) is 63.4 Å². The Bertz CT molecular complexity index is 800. The third-order valence-electron chi connectivity index (χ3n) is 3.83. The molecule has 0 saturated carbocycles. The zero-order valence-electron chi connectivity index (χ0n) is 14.2. The number of thiophene rings is 1. The minimum Gasteiger partial charge on any atom is -0.308 e. The van der Waals surface area contributed by atoms with Crippen molar-refractivity contribution in [1.82, 2.24) is 15.1 Å². The Morgan fingerprint density at radius 3 is 2.62 bits per heavy atom. The summed E-state index contributed by atoms with van der Waals surface area (Å²) in [6.07, 6.45) is 2.12. The van der Waals surface area contributed by atoms with Crippen LogP contribution in [0.1, 0.15) is 31.9 Å². The topological polar surface area (TPSA) is 29.9 Å². The van der Waals surface area contributed by atoms with Crippen molar-refractivity contribution < 1.29 is 0 Å². The van der Waals surface area contributed by atoms with E-state index in [-0.39, 0.29) is 5.54 Å². The lowest BCUT2D eigenvalue weighted by molar-refractivity contribution is 0.356. The standard InChI is InChI=1S/C19H22ClN3S/c1-19(2,3)23-12-15(11-21-10-14-8-9-24-13-14)18(22-23)16-6-4-5-7-17(16)20/h4-9,12-13,21H,10-11H2,1-3H3. The van der Waals surface area contributed by atoms with Gasteiger partial charge >= 0.3 is 0 Å². The lowest BCUT2D eigenvalue weighted by atomic mass is 10.1. The predicted molar refractivity (Wildman–Crippen MR) is 103 cm³/mol. The molecule has 126 valence electrons. The van der Waals surface area contributed by atoms with Crippen LogP contribution in [0.25, 0.3) is 11.3 Å². The number of nitrogens with zero attached hydrogens (tertiary/aromatic N) is 2. The highest BCUT2D eigenvalue weighted by atomic mass is 35.5. The normalized spacial score (nSPS) is 11.8. The molecule has 0 aliphatic heterocycles. The zero-order chi connectivity index (χ0) is 17.2. The van der Waals surface area contributed by atoms with Gasteiger partial charge in [-0.2, -0.15) is 16.4 Å². The SMILES string of the molecule is CC(C)(C)n1cc(CNCc2ccsc2)c(-c2ccccc2Cl)n1. The van der Waals surface area contributed by atoms with Crippen LogP contribution < -0.4 is 5.32 Å². The van der Waals surface area contributed by atoms with E-state index in [1.807, 2.05) is 28.9 Å². The van der Waals surface area contributed by atoms with Crippen LogP contribution in [0.2, 0.25) is 5.02 Å². The Kier molecular flexibility index (Phi) is 5.09. The highest BCUT2D eigenvalue weighted by Gasteiger charge is 2.19. The number of benzene rings is 1. The molecule has 3 rings (SSSR count). The van der Waals surface area contributed by atoms with E-state index in [0.717, 1.165) is 34.9 Å². The molecule has 24 heavy (non-hydrogen) atoms. The van der Waals surface area contributed by atoms with Gasteiger partial charge in [0.1, 0.15) is 0 Å². The molecule has 5 heteroatoms. The van der Waals surface area contributed by atoms with Gasteiger partial charge in [-0.3, -0.25) is 4.68 Å². The summed E-state index contributed by atoms with van der Waals surface area (Å²) in [5.74, 6) is 0. The summed E-state index contributed by atoms with van der Waals surface area (Å²) in [4.78, 5) is 0. The van der Waals surface area contributed by atoms with Gasteiger partial charge in [0.05, 0.1) is 16.3 Å². The van der Waals surface area contributed by atoms with E-state index in [9.17, 15) is 0 Å². The molecular weight excluding hydrogens is 338 g/mol. The van der Waals surface area contributed by atoms with Crippen molar-refractivity contribution in [2.45, 2.75) is 39.4 Å². The van der Waals surface area contributed by atoms with Crippen molar-refractivity contribution in [2.75, 3.05) is 0 Å². The third kappa shape index (κ3) is 3.89. The number of aromatic nitrogens is 2. The second-order valence-corrected chi connectivity index (χ2v) is 8.02. The van der Waals surface area contributed by atoms with Crippen molar-refractivity contribution in [2.24, 2.45) is 0 Å². The first-order valence-corrected chi connectivity index (χ1v) is 9.33. The lowest BCUT2D eigenvalue weighted by Gasteiger charge is -2.18. The van der Waals surface area contributed by atoms with E-state index in [2.05, 4.69) is 49.1 Å². The van der Waals surface area contributed by atoms with E-state index in [1.54, 1.807) is 11.3 Å². The number of hydrogen-bond acceptors (Lipinski definition) is 3. The second kappa shape index (κ2) is 7.09. The highest BCUT2D eigenvalue weighted by molar-refractivity contribution is 7.07. The van der Waals surface area contributed by atoms with Crippen molar-refractivity contribution in [3.8, 4) is 11.3 Å². The van der Waals surface area contributed by atoms with Crippen molar-refractivity contribution in [1.29, 1.82) is 0 Å². The average Bonchev–Trinajstić information content (AvgIpc) is 3.17. The van der Waals surface area contributed by atoms with Gasteiger partial charge in [-0.15, -0.1) is 0 Å². The fourth-order valence-corrected chi connectivity index (χ4v) is 3.39. The summed E-state index contributed by atoms with van der Waals surface area (Å²) >= 11 is 8.12. The van der Waals surface area contributed by atoms with Gasteiger partial charge < -0.3 is 5.32 Å². The first-order valence-electron chi connectivity index (χ1n) is 8.01. The molecule has 0 aliphatic carbocycles. The fraction of sp³-hybridized carbons (Fsp3) is 0.316. The predicted octanol–water partition coefficient (Wildman–Crippen LogP) is 5.31. The number of hydrogen-bond donors (Lipinski definition) is 1. The maximum absolute atomic E-state index is 6.40. The van der Waals surface area contributed by atoms with Crippen molar-refractivity contribution >= 4 is 22.9 Å². The average molecular weight is 360 g/mol. The molecular formula is C19H22ClN3S. The van der Waals surface area contributed by atoms with E-state index < -0.39 is 0 Å². The molecule has 0 aliphatic rings. The molecule has 0 bridgehead atoms. The molecule has 2 aromatic heterocycles. The molecule has 1 N–H and O–H groups in total. The maximum atomic E-state index is 6.40. The number of rotatable bonds is 5. The Hall–Kier alpha value is -1.62. The third-order valence-corrected chi connectivity index (χ3v) is 4.89. The molecule has 0 amide bonds. The first kappa shape index (κ1) is 17.2. The molecule has 3 aromatic rings. The highest BCUT2D eigenvalue weighted by Crippen LogP contribution is 2.30. The number of nitrogens with one attached hydrogen (secondary N) is 1. The van der Waals surface area contributed by atoms with Gasteiger partial charge in [0.15, 0.2) is 0 Å². The molecule has 1 aromatic carbocycles. The molecule has 0 saturated heterocycles. The molecule has 0 fully saturated rings. The van der Waals surface area contributed by atoms with Gasteiger partial charge in [0, 0.05) is 30.4 Å². The Balaban J connectivity index is 1.88. The molecule has 0 unspecified atom stereocenters. The Labute approximate surface area is 152 Å². The summed E-state index contributed by atoms with van der Waals surface area (Å²) in [6.45, 7) is 8.06. The van der Waals surface area contributed by atoms with Gasteiger partial charge in [0.25, 0.3) is 0 Å². The minimum absolute atomic E-state index is 0.0678. The van der Waals surface area contributed by atoms with Gasteiger partial charge in [0.2, 0.25) is 0 Å². The molecule has 0 radical (unpaired) electrons. The Morgan fingerprint density at radius 2 is 1.96 bits per heavy atom. The van der Waals surface area contributed by atoms with E-state index in [0.29, 0.717) is 0 Å². The summed E-state index contributed by atoms with van der Waals surface area (Å²) < 4.78 is 2.02. The first-order chi connectivity index (χ1) is 11.4. The fourth-order valence-electron chi connectivity index (χ4n) is 2.50. The maximum Gasteiger partial charge on any atom is 0.0983 e. The summed E-state index contributed by atoms with van der Waals surface area (Å²) in [5.41, 5.74) is 4.33. The summed E-state index contributed by atoms with van der Waals surface area (Å²) in [7, 11) is 0. The van der Waals surface area contributed by atoms with E-state index >= 15 is 0 Å². The number of halogens is 1. The van der Waals surface area contributed by atoms with Crippen LogP contribution in [0.5, 0.6) is 0 Å². The van der Waals surface area contributed by atoms with Crippen LogP contribution in [0.15, 0.2) is 47.3 Å². The van der Waals surface area contributed by atoms with Crippen LogP contribution >= 0.6 is 22.9 Å². The second-order valence-electron chi connectivity index (χ2n) is 6.83. The molecule has 2 heterocycles. The summed E-state index contributed by atoms with van der Waals surface area (Å²) in [6, 6.07) is 10.0. The van der Waals surface area contributed by atoms with Crippen molar-refractivity contribution in [3.63, 3.8) is 0 Å². The molecule has 0 spiro atoms. The van der Waals surface area contributed by atoms with Gasteiger partial charge in [-0.1, -0.05) is 29.8 Å². The quantitative estimate of drug-likeness (QED) is 0.669. The van der Waals surface area contributed by atoms with Crippen LogP contribution in [0, 0.1) is 0 Å². The smallest absolute Gasteiger partial charge is 0.0983 e. The van der Waals surface area contributed by atoms with Gasteiger partial charge in [-0.05, 0) is 49.2 Å². The molecule has 3 nitrogen and oxygen atoms in total. The van der Waals surface area contributed by atoms with Gasteiger partial charge in [-0.25, -0.2) is 0 Å². The van der Waals surface area contributed by atoms with E-state index in [4.69, 9.17) is 16.7 Å². The largest absolute Gasteiger partial charge is 0.308 e. The summed E-state index contributed by atoms with van der Waals surface area (Å²) in [5, 5.41) is 13.3. The minimum atomic E-state index is -0.0678. The molecule has 0 atom stereocenters. The van der Waals surface area contributed by atoms with Crippen LogP contribution in [-0.2, 0) is 18.6 Å². The lowest BCUT2D eigenvalue weighted by Crippen LogP contribution is -2.22. The van der Waals surface area contributed by atoms with Crippen LogP contribution in [0.3, 0.4) is 0 Å². The Morgan fingerprint density at radius 1 is 1.17 bits per heavy atom. The van der Waals surface area contributed by atoms with Crippen LogP contribution in [-0.4, -0.2) is 9.78 Å². The van der Waals surface area contributed by atoms with Crippen LogP contribution in [0.4, 0.5) is 0 Å². The monoisotopic (exact) mass is 359 g/mol. The zero-order valence-corrected chi connectivity index (χ0v) is 15.8. The van der Waals surface area contributed by atoms with E-state index in [1.165, 1.54) is 5.56 Å².